The Balaban J connectivity index is 1.59. The molecule has 2 N–H and O–H groups in total. The Hall–Kier alpha value is -4.53. The van der Waals surface area contributed by atoms with Gasteiger partial charge in [0.15, 0.2) is 11.5 Å². The van der Waals surface area contributed by atoms with E-state index in [0.29, 0.717) is 40.8 Å². The lowest BCUT2D eigenvalue weighted by Crippen LogP contribution is -2.30. The van der Waals surface area contributed by atoms with Crippen LogP contribution in [-0.2, 0) is 17.9 Å². The number of hydrogen-bond acceptors (Lipinski definition) is 7. The van der Waals surface area contributed by atoms with Crippen molar-refractivity contribution in [1.82, 2.24) is 9.55 Å². The number of anilines is 2. The zero-order valence-electron chi connectivity index (χ0n) is 19.7. The van der Waals surface area contributed by atoms with Crippen LogP contribution in [0.25, 0.3) is 10.9 Å². The fourth-order valence-electron chi connectivity index (χ4n) is 3.80. The summed E-state index contributed by atoms with van der Waals surface area (Å²) in [6.07, 6.45) is 0. The van der Waals surface area contributed by atoms with Crippen LogP contribution >= 0.6 is 0 Å². The minimum Gasteiger partial charge on any atom is -0.493 e. The predicted octanol–water partition coefficient (Wildman–Crippen LogP) is 3.67. The van der Waals surface area contributed by atoms with E-state index in [-0.39, 0.29) is 6.54 Å². The van der Waals surface area contributed by atoms with Gasteiger partial charge in [-0.2, -0.15) is 4.98 Å². The van der Waals surface area contributed by atoms with Crippen molar-refractivity contribution in [2.24, 2.45) is 0 Å². The Morgan fingerprint density at radius 1 is 0.914 bits per heavy atom. The number of amides is 1. The van der Waals surface area contributed by atoms with E-state index in [1.807, 2.05) is 48.5 Å². The fourth-order valence-corrected chi connectivity index (χ4v) is 3.80. The van der Waals surface area contributed by atoms with Gasteiger partial charge in [-0.3, -0.25) is 9.36 Å². The highest BCUT2D eigenvalue weighted by molar-refractivity contribution is 5.94. The number of nitrogens with zero attached hydrogens (tertiary/aromatic N) is 2. The van der Waals surface area contributed by atoms with Gasteiger partial charge in [0.1, 0.15) is 12.4 Å². The molecule has 1 amide bonds. The molecule has 0 fully saturated rings. The number of benzene rings is 3. The fraction of sp³-hybridized carbons (Fsp3) is 0.192. The summed E-state index contributed by atoms with van der Waals surface area (Å²) in [7, 11) is 4.49. The van der Waals surface area contributed by atoms with Crippen LogP contribution in [0.5, 0.6) is 17.2 Å². The average Bonchev–Trinajstić information content (AvgIpc) is 2.89. The predicted molar refractivity (Wildman–Crippen MR) is 134 cm³/mol. The topological polar surface area (TPSA) is 104 Å². The number of ether oxygens (including phenoxy) is 3. The highest BCUT2D eigenvalue weighted by atomic mass is 16.5. The van der Waals surface area contributed by atoms with E-state index in [9.17, 15) is 9.59 Å². The average molecular weight is 475 g/mol. The second-order valence-corrected chi connectivity index (χ2v) is 7.65. The molecule has 0 aliphatic carbocycles. The zero-order chi connectivity index (χ0) is 24.8. The first-order valence-corrected chi connectivity index (χ1v) is 10.9. The number of carbonyl (C=O) groups excluding carboxylic acids is 1. The SMILES string of the molecule is COc1cc(NC(=O)Cn2c(=O)nc(NCc3ccccc3)c3ccccc32)cc(OC)c1OC. The van der Waals surface area contributed by atoms with Crippen molar-refractivity contribution in [2.75, 3.05) is 32.0 Å². The van der Waals surface area contributed by atoms with Crippen LogP contribution in [0.2, 0.25) is 0 Å². The molecule has 1 aromatic heterocycles. The number of fused-ring (bicyclic) bond motifs is 1. The number of hydrogen-bond donors (Lipinski definition) is 2. The molecule has 0 saturated heterocycles. The van der Waals surface area contributed by atoms with Crippen molar-refractivity contribution < 1.29 is 19.0 Å². The maximum atomic E-state index is 12.9. The van der Waals surface area contributed by atoms with Gasteiger partial charge in [-0.25, -0.2) is 4.79 Å². The molecule has 0 bridgehead atoms. The number of carbonyl (C=O) groups is 1. The van der Waals surface area contributed by atoms with E-state index in [4.69, 9.17) is 14.2 Å². The minimum absolute atomic E-state index is 0.220. The molecule has 0 unspecified atom stereocenters. The van der Waals surface area contributed by atoms with Crippen LogP contribution < -0.4 is 30.5 Å². The number of methoxy groups -OCH3 is 3. The van der Waals surface area contributed by atoms with Gasteiger partial charge < -0.3 is 24.8 Å². The van der Waals surface area contributed by atoms with Gasteiger partial charge in [-0.1, -0.05) is 42.5 Å². The summed E-state index contributed by atoms with van der Waals surface area (Å²) in [5.74, 6) is 1.28. The Kier molecular flexibility index (Phi) is 7.15. The number of rotatable bonds is 9. The van der Waals surface area contributed by atoms with Crippen LogP contribution in [0.1, 0.15) is 5.56 Å². The molecule has 0 atom stereocenters. The normalized spacial score (nSPS) is 10.6. The molecule has 1 heterocycles. The molecule has 9 heteroatoms. The quantitative estimate of drug-likeness (QED) is 0.381. The van der Waals surface area contributed by atoms with Gasteiger partial charge in [-0.15, -0.1) is 0 Å². The number of para-hydroxylation sites is 1. The van der Waals surface area contributed by atoms with Crippen molar-refractivity contribution >= 4 is 28.3 Å². The first-order chi connectivity index (χ1) is 17.0. The van der Waals surface area contributed by atoms with Crippen LogP contribution in [0.3, 0.4) is 0 Å². The van der Waals surface area contributed by atoms with Crippen molar-refractivity contribution in [2.45, 2.75) is 13.1 Å². The summed E-state index contributed by atoms with van der Waals surface area (Å²) in [6.45, 7) is 0.297. The molecule has 0 aliphatic rings. The monoisotopic (exact) mass is 474 g/mol. The van der Waals surface area contributed by atoms with E-state index in [1.165, 1.54) is 25.9 Å². The van der Waals surface area contributed by atoms with Gasteiger partial charge >= 0.3 is 5.69 Å². The third kappa shape index (κ3) is 5.19. The highest BCUT2D eigenvalue weighted by Gasteiger charge is 2.16. The standard InChI is InChI=1S/C26H26N4O5/c1-33-21-13-18(14-22(34-2)24(21)35-3)28-23(31)16-30-20-12-8-7-11-19(20)25(29-26(30)32)27-15-17-9-5-4-6-10-17/h4-14H,15-16H2,1-3H3,(H,28,31)(H,27,29,32). The van der Waals surface area contributed by atoms with E-state index >= 15 is 0 Å². The molecule has 4 rings (SSSR count). The summed E-state index contributed by atoms with van der Waals surface area (Å²) in [5.41, 5.74) is 1.57. The second-order valence-electron chi connectivity index (χ2n) is 7.65. The van der Waals surface area contributed by atoms with Gasteiger partial charge in [0.25, 0.3) is 0 Å². The Labute approximate surface area is 202 Å². The molecule has 0 saturated carbocycles. The van der Waals surface area contributed by atoms with Crippen molar-refractivity contribution in [3.05, 3.63) is 82.8 Å². The smallest absolute Gasteiger partial charge is 0.350 e. The van der Waals surface area contributed by atoms with E-state index in [0.717, 1.165) is 10.9 Å². The van der Waals surface area contributed by atoms with Crippen molar-refractivity contribution in [1.29, 1.82) is 0 Å². The van der Waals surface area contributed by atoms with Crippen molar-refractivity contribution in [3.8, 4) is 17.2 Å². The number of nitrogens with one attached hydrogen (secondary N) is 2. The molecular weight excluding hydrogens is 448 g/mol. The summed E-state index contributed by atoms with van der Waals surface area (Å²) < 4.78 is 17.3. The van der Waals surface area contributed by atoms with E-state index in [2.05, 4.69) is 15.6 Å². The summed E-state index contributed by atoms with van der Waals surface area (Å²) in [6, 6.07) is 20.4. The van der Waals surface area contributed by atoms with Gasteiger partial charge in [0, 0.05) is 29.8 Å². The number of aromatic nitrogens is 2. The zero-order valence-corrected chi connectivity index (χ0v) is 19.7. The van der Waals surface area contributed by atoms with Crippen LogP contribution in [0.4, 0.5) is 11.5 Å². The summed E-state index contributed by atoms with van der Waals surface area (Å²) >= 11 is 0. The molecule has 9 nitrogen and oxygen atoms in total. The molecule has 0 spiro atoms. The maximum Gasteiger partial charge on any atom is 0.350 e. The molecule has 4 aromatic rings. The van der Waals surface area contributed by atoms with Crippen LogP contribution in [-0.4, -0.2) is 36.8 Å². The minimum atomic E-state index is -0.528. The highest BCUT2D eigenvalue weighted by Crippen LogP contribution is 2.39. The first kappa shape index (κ1) is 23.6. The summed E-state index contributed by atoms with van der Waals surface area (Å²) in [5, 5.41) is 6.76. The van der Waals surface area contributed by atoms with E-state index in [1.54, 1.807) is 18.2 Å². The third-order valence-corrected chi connectivity index (χ3v) is 5.44. The molecular formula is C26H26N4O5. The van der Waals surface area contributed by atoms with Crippen LogP contribution in [0.15, 0.2) is 71.5 Å². The molecule has 35 heavy (non-hydrogen) atoms. The van der Waals surface area contributed by atoms with Gasteiger partial charge in [0.05, 0.1) is 26.8 Å². The second kappa shape index (κ2) is 10.6. The lowest BCUT2D eigenvalue weighted by molar-refractivity contribution is -0.116. The molecule has 3 aromatic carbocycles. The van der Waals surface area contributed by atoms with Gasteiger partial charge in [-0.05, 0) is 17.7 Å². The Morgan fingerprint density at radius 3 is 2.23 bits per heavy atom. The Morgan fingerprint density at radius 2 is 1.57 bits per heavy atom. The lowest BCUT2D eigenvalue weighted by Gasteiger charge is -2.16. The third-order valence-electron chi connectivity index (χ3n) is 5.44. The van der Waals surface area contributed by atoms with Crippen LogP contribution in [0, 0.1) is 0 Å². The molecule has 0 aliphatic heterocycles. The Bertz CT molecular complexity index is 1380. The van der Waals surface area contributed by atoms with E-state index < -0.39 is 11.6 Å². The van der Waals surface area contributed by atoms with Crippen molar-refractivity contribution in [3.63, 3.8) is 0 Å². The largest absolute Gasteiger partial charge is 0.493 e. The summed E-state index contributed by atoms with van der Waals surface area (Å²) in [4.78, 5) is 30.0. The molecule has 0 radical (unpaired) electrons. The van der Waals surface area contributed by atoms with Gasteiger partial charge in [0.2, 0.25) is 11.7 Å². The molecule has 180 valence electrons. The first-order valence-electron chi connectivity index (χ1n) is 10.9. The maximum absolute atomic E-state index is 12.9. The lowest BCUT2D eigenvalue weighted by atomic mass is 10.2.